The Morgan fingerprint density at radius 1 is 1.04 bits per heavy atom. The van der Waals surface area contributed by atoms with Crippen LogP contribution in [0.4, 0.5) is 0 Å². The summed E-state index contributed by atoms with van der Waals surface area (Å²) in [4.78, 5) is 28.9. The van der Waals surface area contributed by atoms with Crippen molar-refractivity contribution in [3.05, 3.63) is 35.9 Å². The number of carbonyl (C=O) groups excluding carboxylic acids is 2. The van der Waals surface area contributed by atoms with Crippen LogP contribution >= 0.6 is 11.8 Å². The zero-order valence-corrected chi connectivity index (χ0v) is 15.5. The Labute approximate surface area is 154 Å². The smallest absolute Gasteiger partial charge is 0.234 e. The maximum atomic E-state index is 12.6. The third kappa shape index (κ3) is 5.47. The molecule has 2 heterocycles. The van der Waals surface area contributed by atoms with E-state index in [1.807, 2.05) is 47.0 Å². The van der Waals surface area contributed by atoms with Gasteiger partial charge in [-0.05, 0) is 31.5 Å². The Morgan fingerprint density at radius 3 is 2.40 bits per heavy atom. The summed E-state index contributed by atoms with van der Waals surface area (Å²) < 4.78 is 0. The van der Waals surface area contributed by atoms with Gasteiger partial charge in [0, 0.05) is 37.1 Å². The third-order valence-corrected chi connectivity index (χ3v) is 5.90. The van der Waals surface area contributed by atoms with Crippen LogP contribution in [0.2, 0.25) is 0 Å². The number of nitrogens with zero attached hydrogens (tertiary/aromatic N) is 2. The summed E-state index contributed by atoms with van der Waals surface area (Å²) in [6.07, 6.45) is 1.74. The number of benzene rings is 1. The highest BCUT2D eigenvalue weighted by Gasteiger charge is 2.29. The van der Waals surface area contributed by atoms with E-state index in [1.165, 1.54) is 0 Å². The molecule has 0 unspecified atom stereocenters. The van der Waals surface area contributed by atoms with Gasteiger partial charge >= 0.3 is 0 Å². The molecule has 2 aliphatic rings. The third-order valence-electron chi connectivity index (χ3n) is 4.96. The van der Waals surface area contributed by atoms with Crippen molar-refractivity contribution in [1.29, 1.82) is 0 Å². The number of thioether (sulfide) groups is 1. The molecule has 1 aromatic rings. The summed E-state index contributed by atoms with van der Waals surface area (Å²) in [5.41, 5.74) is 1.11. The van der Waals surface area contributed by atoms with Crippen LogP contribution in [0, 0.1) is 5.92 Å². The highest BCUT2D eigenvalue weighted by molar-refractivity contribution is 7.99. The van der Waals surface area contributed by atoms with Crippen LogP contribution in [0.1, 0.15) is 18.4 Å². The molecule has 3 rings (SSSR count). The molecule has 0 atom stereocenters. The molecule has 2 aliphatic heterocycles. The lowest BCUT2D eigenvalue weighted by atomic mass is 9.95. The molecule has 6 heteroatoms. The number of carbonyl (C=O) groups is 2. The number of rotatable bonds is 5. The molecule has 136 valence electrons. The first-order valence-electron chi connectivity index (χ1n) is 9.12. The lowest BCUT2D eigenvalue weighted by Crippen LogP contribution is -2.47. The summed E-state index contributed by atoms with van der Waals surface area (Å²) in [6, 6.07) is 9.95. The van der Waals surface area contributed by atoms with Crippen LogP contribution < -0.4 is 5.32 Å². The van der Waals surface area contributed by atoms with E-state index in [2.05, 4.69) is 10.2 Å². The Morgan fingerprint density at radius 2 is 1.72 bits per heavy atom. The largest absolute Gasteiger partial charge is 0.351 e. The van der Waals surface area contributed by atoms with Gasteiger partial charge < -0.3 is 10.2 Å². The minimum atomic E-state index is 0.0571. The van der Waals surface area contributed by atoms with E-state index in [-0.39, 0.29) is 11.8 Å². The van der Waals surface area contributed by atoms with Crippen molar-refractivity contribution in [3.8, 4) is 0 Å². The SMILES string of the molecule is O=C(CN1CCC(C(=O)N2CCSCC2)CC1)NCc1ccccc1. The summed E-state index contributed by atoms with van der Waals surface area (Å²) in [5, 5.41) is 2.97. The predicted molar refractivity (Wildman–Crippen MR) is 101 cm³/mol. The lowest BCUT2D eigenvalue weighted by Gasteiger charge is -2.35. The van der Waals surface area contributed by atoms with Gasteiger partial charge in [0.25, 0.3) is 0 Å². The molecular formula is C19H27N3O2S. The zero-order chi connectivity index (χ0) is 17.5. The van der Waals surface area contributed by atoms with Gasteiger partial charge in [-0.2, -0.15) is 11.8 Å². The molecule has 0 saturated carbocycles. The molecule has 2 saturated heterocycles. The Kier molecular flexibility index (Phi) is 6.76. The predicted octanol–water partition coefficient (Wildman–Crippen LogP) is 1.59. The van der Waals surface area contributed by atoms with Gasteiger partial charge in [-0.15, -0.1) is 0 Å². The first kappa shape index (κ1) is 18.3. The molecule has 0 spiro atoms. The quantitative estimate of drug-likeness (QED) is 0.865. The van der Waals surface area contributed by atoms with Crippen molar-refractivity contribution in [2.24, 2.45) is 5.92 Å². The fourth-order valence-electron chi connectivity index (χ4n) is 3.44. The number of amides is 2. The molecule has 2 amide bonds. The van der Waals surface area contributed by atoms with E-state index in [9.17, 15) is 9.59 Å². The van der Waals surface area contributed by atoms with Crippen LogP contribution in [0.3, 0.4) is 0 Å². The average molecular weight is 362 g/mol. The van der Waals surface area contributed by atoms with Gasteiger partial charge in [-0.1, -0.05) is 30.3 Å². The van der Waals surface area contributed by atoms with E-state index >= 15 is 0 Å². The number of likely N-dealkylation sites (tertiary alicyclic amines) is 1. The summed E-state index contributed by atoms with van der Waals surface area (Å²) in [6.45, 7) is 4.45. The van der Waals surface area contributed by atoms with Crippen molar-refractivity contribution in [2.75, 3.05) is 44.2 Å². The molecule has 0 aliphatic carbocycles. The molecule has 5 nitrogen and oxygen atoms in total. The number of nitrogens with one attached hydrogen (secondary N) is 1. The molecule has 0 bridgehead atoms. The van der Waals surface area contributed by atoms with Crippen LogP contribution in [-0.2, 0) is 16.1 Å². The molecule has 0 radical (unpaired) electrons. The van der Waals surface area contributed by atoms with Gasteiger partial charge in [0.15, 0.2) is 0 Å². The highest BCUT2D eigenvalue weighted by atomic mass is 32.2. The second-order valence-corrected chi connectivity index (χ2v) is 7.98. The van der Waals surface area contributed by atoms with Crippen LogP contribution in [0.15, 0.2) is 30.3 Å². The summed E-state index contributed by atoms with van der Waals surface area (Å²) in [7, 11) is 0. The summed E-state index contributed by atoms with van der Waals surface area (Å²) in [5.74, 6) is 2.65. The minimum Gasteiger partial charge on any atom is -0.351 e. The van der Waals surface area contributed by atoms with E-state index in [4.69, 9.17) is 0 Å². The fourth-order valence-corrected chi connectivity index (χ4v) is 4.34. The van der Waals surface area contributed by atoms with Crippen LogP contribution in [-0.4, -0.2) is 65.8 Å². The number of hydrogen-bond acceptors (Lipinski definition) is 4. The van der Waals surface area contributed by atoms with Crippen molar-refractivity contribution in [2.45, 2.75) is 19.4 Å². The van der Waals surface area contributed by atoms with Crippen LogP contribution in [0.5, 0.6) is 0 Å². The minimum absolute atomic E-state index is 0.0571. The molecule has 1 N–H and O–H groups in total. The van der Waals surface area contributed by atoms with Crippen molar-refractivity contribution in [3.63, 3.8) is 0 Å². The van der Waals surface area contributed by atoms with E-state index in [0.29, 0.717) is 19.0 Å². The van der Waals surface area contributed by atoms with Crippen LogP contribution in [0.25, 0.3) is 0 Å². The lowest BCUT2D eigenvalue weighted by molar-refractivity contribution is -0.136. The molecule has 1 aromatic carbocycles. The van der Waals surface area contributed by atoms with E-state index < -0.39 is 0 Å². The highest BCUT2D eigenvalue weighted by Crippen LogP contribution is 2.21. The second kappa shape index (κ2) is 9.25. The van der Waals surface area contributed by atoms with Gasteiger partial charge in [0.2, 0.25) is 11.8 Å². The van der Waals surface area contributed by atoms with E-state index in [1.54, 1.807) is 0 Å². The molecular weight excluding hydrogens is 334 g/mol. The maximum absolute atomic E-state index is 12.6. The Bertz CT molecular complexity index is 567. The van der Waals surface area contributed by atoms with Crippen molar-refractivity contribution in [1.82, 2.24) is 15.1 Å². The average Bonchev–Trinajstić information content (AvgIpc) is 2.68. The van der Waals surface area contributed by atoms with Crippen molar-refractivity contribution < 1.29 is 9.59 Å². The number of piperidine rings is 1. The Hall–Kier alpha value is -1.53. The first-order chi connectivity index (χ1) is 12.2. The number of hydrogen-bond donors (Lipinski definition) is 1. The monoisotopic (exact) mass is 361 g/mol. The Balaban J connectivity index is 1.37. The normalized spacial score (nSPS) is 19.6. The van der Waals surface area contributed by atoms with Gasteiger partial charge in [-0.25, -0.2) is 0 Å². The molecule has 2 fully saturated rings. The van der Waals surface area contributed by atoms with E-state index in [0.717, 1.165) is 56.1 Å². The fraction of sp³-hybridized carbons (Fsp3) is 0.579. The molecule has 25 heavy (non-hydrogen) atoms. The zero-order valence-electron chi connectivity index (χ0n) is 14.7. The van der Waals surface area contributed by atoms with Gasteiger partial charge in [-0.3, -0.25) is 14.5 Å². The van der Waals surface area contributed by atoms with Gasteiger partial charge in [0.1, 0.15) is 0 Å². The maximum Gasteiger partial charge on any atom is 0.234 e. The standard InChI is InChI=1S/C19H27N3O2S/c23-18(20-14-16-4-2-1-3-5-16)15-21-8-6-17(7-9-21)19(24)22-10-12-25-13-11-22/h1-5,17H,6-15H2,(H,20,23). The summed E-state index contributed by atoms with van der Waals surface area (Å²) >= 11 is 1.93. The second-order valence-electron chi connectivity index (χ2n) is 6.75. The molecule has 0 aromatic heterocycles. The first-order valence-corrected chi connectivity index (χ1v) is 10.3. The van der Waals surface area contributed by atoms with Crippen molar-refractivity contribution >= 4 is 23.6 Å². The van der Waals surface area contributed by atoms with Gasteiger partial charge in [0.05, 0.1) is 6.54 Å². The topological polar surface area (TPSA) is 52.7 Å².